The van der Waals surface area contributed by atoms with Crippen LogP contribution in [0, 0.1) is 24.0 Å². The largest absolute Gasteiger partial charge is 0.396 e. The second-order valence-corrected chi connectivity index (χ2v) is 5.79. The molecule has 2 rings (SSSR count). The number of hydrogen-bond acceptors (Lipinski definition) is 5. The van der Waals surface area contributed by atoms with Crippen molar-refractivity contribution in [2.45, 2.75) is 39.3 Å². The first-order valence-corrected chi connectivity index (χ1v) is 8.07. The van der Waals surface area contributed by atoms with Crippen LogP contribution in [0.25, 0.3) is 0 Å². The third kappa shape index (κ3) is 4.63. The molecule has 1 unspecified atom stereocenters. The normalized spacial score (nSPS) is 12.0. The highest BCUT2D eigenvalue weighted by atomic mass is 16.6. The zero-order valence-corrected chi connectivity index (χ0v) is 14.3. The summed E-state index contributed by atoms with van der Waals surface area (Å²) < 4.78 is 1.48. The van der Waals surface area contributed by atoms with Crippen LogP contribution in [0.4, 0.5) is 5.69 Å². The molecule has 8 heteroatoms. The number of carbonyl (C=O) groups is 1. The molecule has 25 heavy (non-hydrogen) atoms. The maximum atomic E-state index is 12.2. The van der Waals surface area contributed by atoms with Gasteiger partial charge in [0.05, 0.1) is 17.5 Å². The van der Waals surface area contributed by atoms with E-state index in [1.165, 1.54) is 4.68 Å². The molecule has 1 atom stereocenters. The summed E-state index contributed by atoms with van der Waals surface area (Å²) in [4.78, 5) is 22.8. The molecule has 8 nitrogen and oxygen atoms in total. The number of carbonyl (C=O) groups excluding carboxylic acids is 1. The third-order valence-corrected chi connectivity index (χ3v) is 4.03. The Hall–Kier alpha value is -2.74. The fourth-order valence-corrected chi connectivity index (χ4v) is 2.78. The quantitative estimate of drug-likeness (QED) is 0.561. The van der Waals surface area contributed by atoms with Crippen molar-refractivity contribution in [3.63, 3.8) is 0 Å². The van der Waals surface area contributed by atoms with Crippen LogP contribution >= 0.6 is 0 Å². The fourth-order valence-electron chi connectivity index (χ4n) is 2.78. The molecular weight excluding hydrogens is 324 g/mol. The number of aliphatic hydroxyl groups excluding tert-OH is 1. The molecule has 0 radical (unpaired) electrons. The third-order valence-electron chi connectivity index (χ3n) is 4.03. The van der Waals surface area contributed by atoms with E-state index in [4.69, 9.17) is 0 Å². The van der Waals surface area contributed by atoms with Gasteiger partial charge in [0.2, 0.25) is 5.91 Å². The van der Waals surface area contributed by atoms with E-state index in [0.717, 1.165) is 5.56 Å². The van der Waals surface area contributed by atoms with Gasteiger partial charge in [0.15, 0.2) is 0 Å². The van der Waals surface area contributed by atoms with Crippen molar-refractivity contribution in [1.29, 1.82) is 0 Å². The van der Waals surface area contributed by atoms with Crippen molar-refractivity contribution >= 4 is 11.6 Å². The molecule has 134 valence electrons. The van der Waals surface area contributed by atoms with Crippen LogP contribution in [0.15, 0.2) is 30.3 Å². The molecule has 2 N–H and O–H groups in total. The van der Waals surface area contributed by atoms with Crippen molar-refractivity contribution < 1.29 is 14.8 Å². The number of rotatable bonds is 8. The minimum atomic E-state index is -0.457. The average Bonchev–Trinajstić information content (AvgIpc) is 2.87. The van der Waals surface area contributed by atoms with Crippen LogP contribution in [0.5, 0.6) is 0 Å². The molecule has 1 aromatic heterocycles. The monoisotopic (exact) mass is 346 g/mol. The number of aryl methyl sites for hydroxylation is 2. The Bertz CT molecular complexity index is 743. The Labute approximate surface area is 145 Å². The molecular formula is C17H22N4O4. The van der Waals surface area contributed by atoms with E-state index in [1.807, 2.05) is 30.3 Å². The smallest absolute Gasteiger partial charge is 0.312 e. The van der Waals surface area contributed by atoms with Crippen molar-refractivity contribution in [1.82, 2.24) is 15.1 Å². The zero-order valence-electron chi connectivity index (χ0n) is 14.3. The molecule has 0 aliphatic heterocycles. The first-order valence-electron chi connectivity index (χ1n) is 8.07. The number of hydrogen-bond donors (Lipinski definition) is 2. The van der Waals surface area contributed by atoms with Gasteiger partial charge in [-0.05, 0) is 25.8 Å². The Kier molecular flexibility index (Phi) is 6.24. The number of aromatic nitrogens is 2. The summed E-state index contributed by atoms with van der Waals surface area (Å²) in [5.41, 5.74) is 1.69. The van der Waals surface area contributed by atoms with Gasteiger partial charge in [0, 0.05) is 13.0 Å². The van der Waals surface area contributed by atoms with Crippen LogP contribution in [-0.2, 0) is 11.3 Å². The minimum Gasteiger partial charge on any atom is -0.396 e. The molecule has 1 heterocycles. The summed E-state index contributed by atoms with van der Waals surface area (Å²) in [6, 6.07) is 9.16. The van der Waals surface area contributed by atoms with E-state index in [1.54, 1.807) is 13.8 Å². The first kappa shape index (κ1) is 18.6. The van der Waals surface area contributed by atoms with Gasteiger partial charge in [-0.2, -0.15) is 5.10 Å². The molecule has 0 aliphatic carbocycles. The number of amides is 1. The lowest BCUT2D eigenvalue weighted by molar-refractivity contribution is -0.386. The van der Waals surface area contributed by atoms with E-state index in [0.29, 0.717) is 17.8 Å². The molecule has 1 amide bonds. The summed E-state index contributed by atoms with van der Waals surface area (Å²) in [5, 5.41) is 27.3. The number of nitrogens with zero attached hydrogens (tertiary/aromatic N) is 3. The molecule has 0 saturated heterocycles. The molecule has 0 saturated carbocycles. The summed E-state index contributed by atoms with van der Waals surface area (Å²) in [6.45, 7) is 3.42. The Morgan fingerprint density at radius 2 is 2.04 bits per heavy atom. The van der Waals surface area contributed by atoms with E-state index in [-0.39, 0.29) is 37.2 Å². The Balaban J connectivity index is 2.00. The SMILES string of the molecule is Cc1nn(CCC(=O)NC(CCO)c2ccccc2)c(C)c1[N+](=O)[O-]. The standard InChI is InChI=1S/C17H22N4O4/c1-12-17(21(24)25)13(2)20(19-12)10-8-16(23)18-15(9-11-22)14-6-4-3-5-7-14/h3-7,15,22H,8-11H2,1-2H3,(H,18,23). The number of nitro groups is 1. The van der Waals surface area contributed by atoms with Gasteiger partial charge in [0.1, 0.15) is 11.4 Å². The number of aliphatic hydroxyl groups is 1. The fraction of sp³-hybridized carbons (Fsp3) is 0.412. The second-order valence-electron chi connectivity index (χ2n) is 5.79. The minimum absolute atomic E-state index is 0.0112. The van der Waals surface area contributed by atoms with Gasteiger partial charge in [-0.25, -0.2) is 0 Å². The highest BCUT2D eigenvalue weighted by molar-refractivity contribution is 5.76. The lowest BCUT2D eigenvalue weighted by Crippen LogP contribution is -2.30. The highest BCUT2D eigenvalue weighted by Crippen LogP contribution is 2.22. The van der Waals surface area contributed by atoms with Crippen LogP contribution in [0.1, 0.15) is 35.8 Å². The van der Waals surface area contributed by atoms with Gasteiger partial charge in [-0.1, -0.05) is 30.3 Å². The van der Waals surface area contributed by atoms with Crippen molar-refractivity contribution in [3.8, 4) is 0 Å². The predicted octanol–water partition coefficient (Wildman–Crippen LogP) is 2.04. The van der Waals surface area contributed by atoms with Gasteiger partial charge in [-0.3, -0.25) is 19.6 Å². The van der Waals surface area contributed by atoms with E-state index >= 15 is 0 Å². The number of benzene rings is 1. The highest BCUT2D eigenvalue weighted by Gasteiger charge is 2.22. The van der Waals surface area contributed by atoms with E-state index < -0.39 is 4.92 Å². The van der Waals surface area contributed by atoms with Gasteiger partial charge >= 0.3 is 5.69 Å². The molecule has 1 aromatic carbocycles. The molecule has 2 aromatic rings. The van der Waals surface area contributed by atoms with E-state index in [2.05, 4.69) is 10.4 Å². The van der Waals surface area contributed by atoms with Crippen molar-refractivity contribution in [2.75, 3.05) is 6.61 Å². The summed E-state index contributed by atoms with van der Waals surface area (Å²) in [7, 11) is 0. The second kappa shape index (κ2) is 8.39. The van der Waals surface area contributed by atoms with Gasteiger partial charge in [0.25, 0.3) is 0 Å². The topological polar surface area (TPSA) is 110 Å². The van der Waals surface area contributed by atoms with Gasteiger partial charge < -0.3 is 10.4 Å². The summed E-state index contributed by atoms with van der Waals surface area (Å²) in [5.74, 6) is -0.197. The molecule has 0 spiro atoms. The van der Waals surface area contributed by atoms with Crippen molar-refractivity contribution in [2.24, 2.45) is 0 Å². The lowest BCUT2D eigenvalue weighted by Gasteiger charge is -2.18. The summed E-state index contributed by atoms with van der Waals surface area (Å²) in [6.07, 6.45) is 0.564. The zero-order chi connectivity index (χ0) is 18.4. The molecule has 0 bridgehead atoms. The van der Waals surface area contributed by atoms with E-state index in [9.17, 15) is 20.0 Å². The van der Waals surface area contributed by atoms with Gasteiger partial charge in [-0.15, -0.1) is 0 Å². The van der Waals surface area contributed by atoms with Crippen LogP contribution in [0.2, 0.25) is 0 Å². The van der Waals surface area contributed by atoms with Crippen LogP contribution < -0.4 is 5.32 Å². The Morgan fingerprint density at radius 1 is 1.36 bits per heavy atom. The number of nitrogens with one attached hydrogen (secondary N) is 1. The average molecular weight is 346 g/mol. The van der Waals surface area contributed by atoms with Crippen molar-refractivity contribution in [3.05, 3.63) is 57.4 Å². The lowest BCUT2D eigenvalue weighted by atomic mass is 10.0. The van der Waals surface area contributed by atoms with Crippen LogP contribution in [-0.4, -0.2) is 32.3 Å². The first-order chi connectivity index (χ1) is 11.9. The summed E-state index contributed by atoms with van der Waals surface area (Å²) >= 11 is 0. The van der Waals surface area contributed by atoms with Crippen LogP contribution in [0.3, 0.4) is 0 Å². The Morgan fingerprint density at radius 3 is 2.60 bits per heavy atom. The molecule has 0 fully saturated rings. The predicted molar refractivity (Wildman–Crippen MR) is 92.0 cm³/mol. The maximum absolute atomic E-state index is 12.2. The maximum Gasteiger partial charge on any atom is 0.312 e. The molecule has 0 aliphatic rings.